The summed E-state index contributed by atoms with van der Waals surface area (Å²) in [5.74, 6) is -1.05. The number of hydrogen-bond acceptors (Lipinski definition) is 7. The van der Waals surface area contributed by atoms with Gasteiger partial charge in [-0.05, 0) is 6.42 Å². The van der Waals surface area contributed by atoms with Gasteiger partial charge in [-0.15, -0.1) is 0 Å². The summed E-state index contributed by atoms with van der Waals surface area (Å²) < 4.78 is 4.88. The van der Waals surface area contributed by atoms with Crippen molar-refractivity contribution >= 4 is 5.97 Å². The predicted molar refractivity (Wildman–Crippen MR) is 103 cm³/mol. The quantitative estimate of drug-likeness (QED) is 0.177. The van der Waals surface area contributed by atoms with E-state index in [1.807, 2.05) is 0 Å². The van der Waals surface area contributed by atoms with Crippen LogP contribution in [0, 0.1) is 0 Å². The van der Waals surface area contributed by atoms with Crippen LogP contribution in [0.2, 0.25) is 0 Å². The van der Waals surface area contributed by atoms with Crippen LogP contribution in [-0.4, -0.2) is 69.1 Å². The van der Waals surface area contributed by atoms with Crippen LogP contribution >= 0.6 is 0 Å². The van der Waals surface area contributed by atoms with Crippen molar-refractivity contribution < 1.29 is 35.1 Å². The monoisotopic (exact) mass is 392 g/mol. The highest BCUT2D eigenvalue weighted by Crippen LogP contribution is 2.12. The van der Waals surface area contributed by atoms with E-state index in [1.165, 1.54) is 51.4 Å². The highest BCUT2D eigenvalue weighted by atomic mass is 16.5. The minimum Gasteiger partial charge on any atom is -0.464 e. The maximum absolute atomic E-state index is 11.6. The van der Waals surface area contributed by atoms with Crippen LogP contribution in [0.5, 0.6) is 0 Å². The zero-order chi connectivity index (χ0) is 20.5. The van der Waals surface area contributed by atoms with E-state index < -0.39 is 37.0 Å². The van der Waals surface area contributed by atoms with Gasteiger partial charge in [0.2, 0.25) is 0 Å². The van der Waals surface area contributed by atoms with E-state index in [9.17, 15) is 25.2 Å². The van der Waals surface area contributed by atoms with Crippen LogP contribution in [0.25, 0.3) is 0 Å². The minimum atomic E-state index is -1.96. The summed E-state index contributed by atoms with van der Waals surface area (Å²) in [6.07, 6.45) is 6.93. The Bertz CT molecular complexity index is 351. The summed E-state index contributed by atoms with van der Waals surface area (Å²) in [5, 5.41) is 46.6. The normalized spacial score (nSPS) is 15.9. The van der Waals surface area contributed by atoms with Crippen LogP contribution in [0.4, 0.5) is 0 Å². The summed E-state index contributed by atoms with van der Waals surface area (Å²) in [5.41, 5.74) is 0. The molecule has 0 aliphatic carbocycles. The Morgan fingerprint density at radius 3 is 1.63 bits per heavy atom. The first-order valence-corrected chi connectivity index (χ1v) is 10.4. The highest BCUT2D eigenvalue weighted by Gasteiger charge is 2.35. The lowest BCUT2D eigenvalue weighted by molar-refractivity contribution is -0.170. The molecule has 0 unspecified atom stereocenters. The number of carbonyl (C=O) groups excluding carboxylic acids is 1. The molecule has 0 heterocycles. The van der Waals surface area contributed by atoms with Crippen LogP contribution in [0.1, 0.15) is 84.0 Å². The first-order chi connectivity index (χ1) is 13.0. The van der Waals surface area contributed by atoms with Crippen molar-refractivity contribution in [1.82, 2.24) is 0 Å². The first kappa shape index (κ1) is 26.3. The van der Waals surface area contributed by atoms with Crippen LogP contribution < -0.4 is 0 Å². The Morgan fingerprint density at radius 2 is 1.19 bits per heavy atom. The molecule has 0 radical (unpaired) electrons. The summed E-state index contributed by atoms with van der Waals surface area (Å²) in [6, 6.07) is 0. The second kappa shape index (κ2) is 17.4. The number of aliphatic hydroxyl groups is 5. The topological polar surface area (TPSA) is 127 Å². The lowest BCUT2D eigenvalue weighted by Crippen LogP contribution is -2.49. The molecule has 5 N–H and O–H groups in total. The van der Waals surface area contributed by atoms with Gasteiger partial charge in [-0.25, -0.2) is 4.79 Å². The third kappa shape index (κ3) is 13.1. The maximum Gasteiger partial charge on any atom is 0.337 e. The number of esters is 1. The molecule has 0 aliphatic rings. The highest BCUT2D eigenvalue weighted by molar-refractivity contribution is 5.75. The average molecular weight is 393 g/mol. The number of carbonyl (C=O) groups is 1. The largest absolute Gasteiger partial charge is 0.464 e. The van der Waals surface area contributed by atoms with Crippen molar-refractivity contribution in [1.29, 1.82) is 0 Å². The Morgan fingerprint density at radius 1 is 0.741 bits per heavy atom. The Kier molecular flexibility index (Phi) is 16.9. The molecule has 0 aromatic carbocycles. The first-order valence-electron chi connectivity index (χ1n) is 10.4. The molecule has 4 atom stereocenters. The summed E-state index contributed by atoms with van der Waals surface area (Å²) in [6.45, 7) is 1.57. The van der Waals surface area contributed by atoms with Crippen LogP contribution in [-0.2, 0) is 9.53 Å². The third-order valence-corrected chi connectivity index (χ3v) is 4.74. The molecule has 0 saturated carbocycles. The van der Waals surface area contributed by atoms with Gasteiger partial charge in [0.25, 0.3) is 0 Å². The van der Waals surface area contributed by atoms with Gasteiger partial charge in [-0.3, -0.25) is 0 Å². The van der Waals surface area contributed by atoms with Gasteiger partial charge in [0, 0.05) is 0 Å². The van der Waals surface area contributed by atoms with Crippen molar-refractivity contribution in [3.8, 4) is 0 Å². The SMILES string of the molecule is CCCCCCCCCCCCCCOC(=O)[C@H](O)[C@@H](O)[C@H](O)[C@H](O)CO. The molecule has 0 aromatic rings. The van der Waals surface area contributed by atoms with Crippen molar-refractivity contribution in [2.75, 3.05) is 13.2 Å². The molecular formula is C20H40O7. The molecule has 0 saturated heterocycles. The summed E-state index contributed by atoms with van der Waals surface area (Å²) in [4.78, 5) is 11.6. The van der Waals surface area contributed by atoms with Gasteiger partial charge in [0.1, 0.15) is 18.3 Å². The van der Waals surface area contributed by atoms with E-state index in [-0.39, 0.29) is 6.61 Å². The molecule has 0 fully saturated rings. The van der Waals surface area contributed by atoms with Gasteiger partial charge in [-0.2, -0.15) is 0 Å². The van der Waals surface area contributed by atoms with Gasteiger partial charge in [-0.1, -0.05) is 77.6 Å². The van der Waals surface area contributed by atoms with Crippen molar-refractivity contribution in [3.05, 3.63) is 0 Å². The van der Waals surface area contributed by atoms with Crippen molar-refractivity contribution in [3.63, 3.8) is 0 Å². The maximum atomic E-state index is 11.6. The van der Waals surface area contributed by atoms with Gasteiger partial charge >= 0.3 is 5.97 Å². The van der Waals surface area contributed by atoms with Crippen LogP contribution in [0.15, 0.2) is 0 Å². The molecule has 0 amide bonds. The van der Waals surface area contributed by atoms with E-state index in [0.29, 0.717) is 6.42 Å². The Balaban J connectivity index is 3.57. The van der Waals surface area contributed by atoms with Crippen LogP contribution in [0.3, 0.4) is 0 Å². The molecule has 0 rings (SSSR count). The molecule has 7 heteroatoms. The zero-order valence-electron chi connectivity index (χ0n) is 16.8. The molecule has 0 bridgehead atoms. The molecule has 27 heavy (non-hydrogen) atoms. The number of hydrogen-bond donors (Lipinski definition) is 5. The smallest absolute Gasteiger partial charge is 0.337 e. The lowest BCUT2D eigenvalue weighted by atomic mass is 10.0. The summed E-state index contributed by atoms with van der Waals surface area (Å²) >= 11 is 0. The molecule has 0 spiro atoms. The fourth-order valence-electron chi connectivity index (χ4n) is 2.86. The fourth-order valence-corrected chi connectivity index (χ4v) is 2.86. The van der Waals surface area contributed by atoms with Gasteiger partial charge in [0.15, 0.2) is 6.10 Å². The number of aliphatic hydroxyl groups excluding tert-OH is 5. The second-order valence-corrected chi connectivity index (χ2v) is 7.23. The summed E-state index contributed by atoms with van der Waals surface area (Å²) in [7, 11) is 0. The van der Waals surface area contributed by atoms with Gasteiger partial charge < -0.3 is 30.3 Å². The van der Waals surface area contributed by atoms with E-state index in [1.54, 1.807) is 0 Å². The van der Waals surface area contributed by atoms with Gasteiger partial charge in [0.05, 0.1) is 13.2 Å². The van der Waals surface area contributed by atoms with E-state index >= 15 is 0 Å². The molecule has 0 aliphatic heterocycles. The minimum absolute atomic E-state index is 0.138. The van der Waals surface area contributed by atoms with Crippen molar-refractivity contribution in [2.24, 2.45) is 0 Å². The molecule has 0 aromatic heterocycles. The Labute approximate surface area is 163 Å². The van der Waals surface area contributed by atoms with E-state index in [4.69, 9.17) is 9.84 Å². The average Bonchev–Trinajstić information content (AvgIpc) is 2.68. The van der Waals surface area contributed by atoms with E-state index in [0.717, 1.165) is 19.3 Å². The Hall–Kier alpha value is -0.730. The van der Waals surface area contributed by atoms with Crippen molar-refractivity contribution in [2.45, 2.75) is 108 Å². The molecular weight excluding hydrogens is 352 g/mol. The molecule has 162 valence electrons. The number of rotatable bonds is 18. The molecule has 7 nitrogen and oxygen atoms in total. The second-order valence-electron chi connectivity index (χ2n) is 7.23. The van der Waals surface area contributed by atoms with E-state index in [2.05, 4.69) is 6.92 Å². The fraction of sp³-hybridized carbons (Fsp3) is 0.950. The standard InChI is InChI=1S/C20H40O7/c1-2-3-4-5-6-7-8-9-10-11-12-13-14-27-20(26)19(25)18(24)17(23)16(22)15-21/h16-19,21-25H,2-15H2,1H3/t16-,17-,18+,19-/m1/s1. The number of unbranched alkanes of at least 4 members (excludes halogenated alkanes) is 11. The number of ether oxygens (including phenoxy) is 1. The third-order valence-electron chi connectivity index (χ3n) is 4.74. The lowest BCUT2D eigenvalue weighted by Gasteiger charge is -2.24. The predicted octanol–water partition coefficient (Wildman–Crippen LogP) is 1.67. The zero-order valence-corrected chi connectivity index (χ0v) is 16.8.